The molecule has 0 aliphatic heterocycles. The summed E-state index contributed by atoms with van der Waals surface area (Å²) in [6, 6.07) is 4.07. The summed E-state index contributed by atoms with van der Waals surface area (Å²) in [4.78, 5) is 23.4. The minimum absolute atomic E-state index is 0.215. The van der Waals surface area contributed by atoms with E-state index in [2.05, 4.69) is 4.99 Å². The average Bonchev–Trinajstić information content (AvgIpc) is 2.17. The lowest BCUT2D eigenvalue weighted by molar-refractivity contribution is -0.137. The number of carbonyl (C=O) groups is 1. The van der Waals surface area contributed by atoms with Crippen molar-refractivity contribution >= 4 is 12.0 Å². The molecule has 0 atom stereocenters. The zero-order valence-electron chi connectivity index (χ0n) is 7.91. The van der Waals surface area contributed by atoms with Crippen LogP contribution in [0, 0.1) is 0 Å². The number of rotatable bonds is 2. The van der Waals surface area contributed by atoms with Gasteiger partial charge in [-0.1, -0.05) is 12.1 Å². The second-order valence-corrected chi connectivity index (χ2v) is 2.97. The van der Waals surface area contributed by atoms with E-state index in [0.29, 0.717) is 5.56 Å². The smallest absolute Gasteiger partial charge is 0.271 e. The molecule has 0 saturated heterocycles. The maximum atomic E-state index is 12.2. The molecule has 1 aromatic rings. The van der Waals surface area contributed by atoms with Crippen molar-refractivity contribution in [2.45, 2.75) is 12.6 Å². The van der Waals surface area contributed by atoms with Gasteiger partial charge in [0.2, 0.25) is 6.08 Å². The number of alkyl halides is 3. The molecular weight excluding hydrogens is 223 g/mol. The highest BCUT2D eigenvalue weighted by Crippen LogP contribution is 2.29. The van der Waals surface area contributed by atoms with Gasteiger partial charge in [-0.05, 0) is 17.7 Å². The van der Waals surface area contributed by atoms with E-state index in [1.165, 1.54) is 12.1 Å². The first kappa shape index (κ1) is 12.1. The summed E-state index contributed by atoms with van der Waals surface area (Å²) in [5.74, 6) is -0.741. The van der Waals surface area contributed by atoms with Crippen LogP contribution in [0.4, 0.5) is 13.2 Å². The van der Waals surface area contributed by atoms with Crippen molar-refractivity contribution in [3.8, 4) is 0 Å². The van der Waals surface area contributed by atoms with Crippen LogP contribution < -0.4 is 0 Å². The molecule has 0 bridgehead atoms. The number of hydrogen-bond donors (Lipinski definition) is 0. The summed E-state index contributed by atoms with van der Waals surface area (Å²) in [6.45, 7) is 0. The SMILES string of the molecule is O=C=NC(=O)Cc1ccc(C(F)(F)F)cc1. The van der Waals surface area contributed by atoms with Gasteiger partial charge >= 0.3 is 6.18 Å². The van der Waals surface area contributed by atoms with E-state index in [1.54, 1.807) is 0 Å². The zero-order valence-corrected chi connectivity index (χ0v) is 7.91. The van der Waals surface area contributed by atoms with E-state index in [1.807, 2.05) is 0 Å². The Morgan fingerprint density at radius 3 is 2.25 bits per heavy atom. The molecule has 0 heterocycles. The normalized spacial score (nSPS) is 10.7. The van der Waals surface area contributed by atoms with Gasteiger partial charge in [0.15, 0.2) is 0 Å². The van der Waals surface area contributed by atoms with Crippen LogP contribution in [0.25, 0.3) is 0 Å². The molecule has 1 rings (SSSR count). The number of isocyanates is 1. The molecule has 84 valence electrons. The topological polar surface area (TPSA) is 46.5 Å². The minimum Gasteiger partial charge on any atom is -0.271 e. The minimum atomic E-state index is -4.40. The Kier molecular flexibility index (Phi) is 3.58. The molecule has 3 nitrogen and oxygen atoms in total. The van der Waals surface area contributed by atoms with Crippen LogP contribution in [-0.2, 0) is 22.2 Å². The molecule has 0 spiro atoms. The van der Waals surface area contributed by atoms with Crippen molar-refractivity contribution in [2.24, 2.45) is 4.99 Å². The van der Waals surface area contributed by atoms with Gasteiger partial charge in [-0.3, -0.25) is 4.79 Å². The first-order chi connectivity index (χ1) is 7.43. The molecule has 16 heavy (non-hydrogen) atoms. The first-order valence-corrected chi connectivity index (χ1v) is 4.20. The van der Waals surface area contributed by atoms with Crippen molar-refractivity contribution in [2.75, 3.05) is 0 Å². The van der Waals surface area contributed by atoms with Gasteiger partial charge in [-0.15, -0.1) is 4.99 Å². The van der Waals surface area contributed by atoms with Gasteiger partial charge in [0.05, 0.1) is 12.0 Å². The van der Waals surface area contributed by atoms with Crippen LogP contribution in [0.5, 0.6) is 0 Å². The molecule has 0 aromatic heterocycles. The van der Waals surface area contributed by atoms with Crippen LogP contribution in [0.3, 0.4) is 0 Å². The summed E-state index contributed by atoms with van der Waals surface area (Å²) < 4.78 is 36.5. The summed E-state index contributed by atoms with van der Waals surface area (Å²) in [6.07, 6.45) is -3.55. The van der Waals surface area contributed by atoms with Gasteiger partial charge in [0.1, 0.15) is 0 Å². The third kappa shape index (κ3) is 3.33. The number of amides is 1. The van der Waals surface area contributed by atoms with Crippen LogP contribution >= 0.6 is 0 Å². The van der Waals surface area contributed by atoms with Gasteiger partial charge in [0, 0.05) is 0 Å². The summed E-state index contributed by atoms with van der Waals surface area (Å²) in [7, 11) is 0. The Morgan fingerprint density at radius 2 is 1.81 bits per heavy atom. The maximum absolute atomic E-state index is 12.2. The maximum Gasteiger partial charge on any atom is 0.416 e. The number of halogens is 3. The average molecular weight is 229 g/mol. The lowest BCUT2D eigenvalue weighted by atomic mass is 10.1. The van der Waals surface area contributed by atoms with E-state index in [-0.39, 0.29) is 6.42 Å². The quantitative estimate of drug-likeness (QED) is 0.576. The Bertz CT molecular complexity index is 430. The predicted molar refractivity (Wildman–Crippen MR) is 48.3 cm³/mol. The fourth-order valence-corrected chi connectivity index (χ4v) is 1.08. The van der Waals surface area contributed by atoms with Crippen molar-refractivity contribution < 1.29 is 22.8 Å². The lowest BCUT2D eigenvalue weighted by Crippen LogP contribution is -2.05. The standard InChI is InChI=1S/C10H6F3NO2/c11-10(12,13)8-3-1-7(2-4-8)5-9(16)14-6-15/h1-4H,5H2. The van der Waals surface area contributed by atoms with Gasteiger partial charge in [-0.25, -0.2) is 4.79 Å². The van der Waals surface area contributed by atoms with Crippen molar-refractivity contribution in [3.63, 3.8) is 0 Å². The highest BCUT2D eigenvalue weighted by Gasteiger charge is 2.29. The molecule has 6 heteroatoms. The predicted octanol–water partition coefficient (Wildman–Crippen LogP) is 2.11. The molecule has 0 N–H and O–H groups in total. The van der Waals surface area contributed by atoms with E-state index < -0.39 is 17.6 Å². The van der Waals surface area contributed by atoms with Crippen molar-refractivity contribution in [1.82, 2.24) is 0 Å². The summed E-state index contributed by atoms with van der Waals surface area (Å²) in [5.41, 5.74) is -0.431. The molecule has 0 aliphatic carbocycles. The monoisotopic (exact) mass is 229 g/mol. The van der Waals surface area contributed by atoms with Crippen LogP contribution in [0.15, 0.2) is 29.3 Å². The molecule has 0 aliphatic rings. The van der Waals surface area contributed by atoms with E-state index in [4.69, 9.17) is 0 Å². The van der Waals surface area contributed by atoms with Gasteiger partial charge in [0.25, 0.3) is 5.91 Å². The second kappa shape index (κ2) is 4.72. The van der Waals surface area contributed by atoms with Crippen molar-refractivity contribution in [1.29, 1.82) is 0 Å². The fraction of sp³-hybridized carbons (Fsp3) is 0.200. The third-order valence-electron chi connectivity index (χ3n) is 1.81. The number of aliphatic imine (C=N–C) groups is 1. The Hall–Kier alpha value is -1.94. The Balaban J connectivity index is 2.80. The number of benzene rings is 1. The highest BCUT2D eigenvalue weighted by atomic mass is 19.4. The Labute approximate surface area is 88.6 Å². The van der Waals surface area contributed by atoms with Gasteiger partial charge < -0.3 is 0 Å². The third-order valence-corrected chi connectivity index (χ3v) is 1.81. The zero-order chi connectivity index (χ0) is 12.2. The molecule has 0 radical (unpaired) electrons. The van der Waals surface area contributed by atoms with Crippen LogP contribution in [-0.4, -0.2) is 12.0 Å². The number of nitrogens with zero attached hydrogens (tertiary/aromatic N) is 1. The van der Waals surface area contributed by atoms with Gasteiger partial charge in [-0.2, -0.15) is 13.2 Å². The Morgan fingerprint density at radius 1 is 1.25 bits per heavy atom. The van der Waals surface area contributed by atoms with E-state index >= 15 is 0 Å². The second-order valence-electron chi connectivity index (χ2n) is 2.97. The first-order valence-electron chi connectivity index (χ1n) is 4.20. The van der Waals surface area contributed by atoms with E-state index in [0.717, 1.165) is 18.2 Å². The molecular formula is C10H6F3NO2. The van der Waals surface area contributed by atoms with Crippen molar-refractivity contribution in [3.05, 3.63) is 35.4 Å². The van der Waals surface area contributed by atoms with Crippen LogP contribution in [0.2, 0.25) is 0 Å². The van der Waals surface area contributed by atoms with Crippen LogP contribution in [0.1, 0.15) is 11.1 Å². The number of carbonyl (C=O) groups excluding carboxylic acids is 2. The fourth-order valence-electron chi connectivity index (χ4n) is 1.08. The molecule has 1 aromatic carbocycles. The molecule has 0 fully saturated rings. The highest BCUT2D eigenvalue weighted by molar-refractivity contribution is 5.83. The largest absolute Gasteiger partial charge is 0.416 e. The molecule has 1 amide bonds. The molecule has 0 unspecified atom stereocenters. The van der Waals surface area contributed by atoms with E-state index in [9.17, 15) is 22.8 Å². The summed E-state index contributed by atoms with van der Waals surface area (Å²) >= 11 is 0. The lowest BCUT2D eigenvalue weighted by Gasteiger charge is -2.06. The summed E-state index contributed by atoms with van der Waals surface area (Å²) in [5, 5.41) is 0. The molecule has 0 saturated carbocycles. The number of hydrogen-bond acceptors (Lipinski definition) is 2.